The van der Waals surface area contributed by atoms with E-state index in [2.05, 4.69) is 4.98 Å². The molecular formula is C17H17ClN2O2. The van der Waals surface area contributed by atoms with Gasteiger partial charge in [-0.1, -0.05) is 41.4 Å². The highest BCUT2D eigenvalue weighted by atomic mass is 35.5. The maximum atomic E-state index is 12.2. The Morgan fingerprint density at radius 2 is 2.18 bits per heavy atom. The Morgan fingerprint density at radius 1 is 1.36 bits per heavy atom. The summed E-state index contributed by atoms with van der Waals surface area (Å²) in [6.45, 7) is 3.19. The van der Waals surface area contributed by atoms with Crippen molar-refractivity contribution in [2.24, 2.45) is 0 Å². The molecule has 1 aliphatic rings. The van der Waals surface area contributed by atoms with Gasteiger partial charge in [-0.25, -0.2) is 4.98 Å². The van der Waals surface area contributed by atoms with E-state index in [4.69, 9.17) is 16.3 Å². The number of likely N-dealkylation sites (tertiary alicyclic amines) is 1. The lowest BCUT2D eigenvalue weighted by Gasteiger charge is -2.38. The number of hydrogen-bond donors (Lipinski definition) is 0. The first kappa shape index (κ1) is 14.9. The summed E-state index contributed by atoms with van der Waals surface area (Å²) in [6, 6.07) is 11.5. The van der Waals surface area contributed by atoms with Gasteiger partial charge in [-0.2, -0.15) is 0 Å². The van der Waals surface area contributed by atoms with E-state index in [9.17, 15) is 4.79 Å². The number of carbonyl (C=O) groups excluding carboxylic acids is 1. The lowest BCUT2D eigenvalue weighted by Crippen LogP contribution is -2.56. The van der Waals surface area contributed by atoms with Gasteiger partial charge in [-0.3, -0.25) is 4.79 Å². The first-order chi connectivity index (χ1) is 10.6. The van der Waals surface area contributed by atoms with Gasteiger partial charge in [-0.15, -0.1) is 0 Å². The Labute approximate surface area is 134 Å². The van der Waals surface area contributed by atoms with Crippen molar-refractivity contribution in [1.82, 2.24) is 9.88 Å². The third-order valence-electron chi connectivity index (χ3n) is 3.64. The van der Waals surface area contributed by atoms with Gasteiger partial charge in [-0.05, 0) is 24.6 Å². The van der Waals surface area contributed by atoms with E-state index in [0.29, 0.717) is 30.4 Å². The molecule has 1 aromatic heterocycles. The molecule has 22 heavy (non-hydrogen) atoms. The molecule has 0 N–H and O–H groups in total. The number of amides is 1. The van der Waals surface area contributed by atoms with E-state index in [0.717, 1.165) is 5.56 Å². The van der Waals surface area contributed by atoms with Gasteiger partial charge in [0, 0.05) is 6.20 Å². The zero-order valence-electron chi connectivity index (χ0n) is 12.3. The molecule has 0 atom stereocenters. The van der Waals surface area contributed by atoms with Crippen LogP contribution in [0.2, 0.25) is 5.02 Å². The van der Waals surface area contributed by atoms with Gasteiger partial charge in [0.1, 0.15) is 11.1 Å². The third-order valence-corrected chi connectivity index (χ3v) is 3.93. The van der Waals surface area contributed by atoms with E-state index >= 15 is 0 Å². The second-order valence-electron chi connectivity index (χ2n) is 5.49. The molecule has 1 aliphatic heterocycles. The van der Waals surface area contributed by atoms with Crippen LogP contribution in [-0.2, 0) is 11.2 Å². The summed E-state index contributed by atoms with van der Waals surface area (Å²) in [5.41, 5.74) is 2.21. The van der Waals surface area contributed by atoms with Gasteiger partial charge in [0.25, 0.3) is 0 Å². The fourth-order valence-electron chi connectivity index (χ4n) is 2.44. The minimum absolute atomic E-state index is 0.0335. The number of benzene rings is 1. The van der Waals surface area contributed by atoms with Crippen molar-refractivity contribution < 1.29 is 9.53 Å². The summed E-state index contributed by atoms with van der Waals surface area (Å²) in [6.07, 6.45) is 2.04. The van der Waals surface area contributed by atoms with E-state index in [-0.39, 0.29) is 12.0 Å². The van der Waals surface area contributed by atoms with Crippen molar-refractivity contribution >= 4 is 17.5 Å². The van der Waals surface area contributed by atoms with Crippen LogP contribution in [0.5, 0.6) is 5.88 Å². The van der Waals surface area contributed by atoms with Crippen LogP contribution >= 0.6 is 11.6 Å². The second-order valence-corrected chi connectivity index (χ2v) is 5.90. The zero-order chi connectivity index (χ0) is 15.5. The summed E-state index contributed by atoms with van der Waals surface area (Å²) < 4.78 is 5.69. The fraction of sp³-hybridized carbons (Fsp3) is 0.294. The quantitative estimate of drug-likeness (QED) is 0.871. The number of pyridine rings is 1. The average molecular weight is 317 g/mol. The maximum absolute atomic E-state index is 12.2. The van der Waals surface area contributed by atoms with Crippen LogP contribution in [0.4, 0.5) is 0 Å². The van der Waals surface area contributed by atoms with Gasteiger partial charge in [0.15, 0.2) is 0 Å². The van der Waals surface area contributed by atoms with Gasteiger partial charge < -0.3 is 9.64 Å². The SMILES string of the molecule is Cc1cccc(CC(=O)N2CC(Oc3ncccc3Cl)C2)c1. The van der Waals surface area contributed by atoms with Crippen LogP contribution in [0.25, 0.3) is 0 Å². The van der Waals surface area contributed by atoms with Crippen LogP contribution in [0, 0.1) is 6.92 Å². The molecule has 0 unspecified atom stereocenters. The number of carbonyl (C=O) groups is 1. The van der Waals surface area contributed by atoms with Crippen LogP contribution in [-0.4, -0.2) is 35.0 Å². The predicted octanol–water partition coefficient (Wildman–Crippen LogP) is 2.88. The molecule has 2 heterocycles. The molecule has 0 aliphatic carbocycles. The third kappa shape index (κ3) is 3.39. The molecule has 2 aromatic rings. The van der Waals surface area contributed by atoms with Crippen LogP contribution < -0.4 is 4.74 Å². The average Bonchev–Trinajstić information content (AvgIpc) is 2.44. The summed E-state index contributed by atoms with van der Waals surface area (Å²) in [4.78, 5) is 18.1. The van der Waals surface area contributed by atoms with Crippen molar-refractivity contribution in [1.29, 1.82) is 0 Å². The molecule has 1 saturated heterocycles. The smallest absolute Gasteiger partial charge is 0.232 e. The number of aryl methyl sites for hydroxylation is 1. The minimum atomic E-state index is -0.0335. The molecule has 0 saturated carbocycles. The van der Waals surface area contributed by atoms with Crippen LogP contribution in [0.3, 0.4) is 0 Å². The maximum Gasteiger partial charge on any atom is 0.232 e. The van der Waals surface area contributed by atoms with Crippen molar-refractivity contribution in [3.8, 4) is 5.88 Å². The fourth-order valence-corrected chi connectivity index (χ4v) is 2.61. The lowest BCUT2D eigenvalue weighted by molar-refractivity contribution is -0.139. The lowest BCUT2D eigenvalue weighted by atomic mass is 10.1. The number of hydrogen-bond acceptors (Lipinski definition) is 3. The molecule has 0 spiro atoms. The molecule has 114 valence electrons. The van der Waals surface area contributed by atoms with Gasteiger partial charge in [0.2, 0.25) is 11.8 Å². The second kappa shape index (κ2) is 6.36. The Balaban J connectivity index is 1.51. The number of rotatable bonds is 4. The summed E-state index contributed by atoms with van der Waals surface area (Å²) in [7, 11) is 0. The molecule has 1 fully saturated rings. The number of ether oxygens (including phenoxy) is 1. The molecular weight excluding hydrogens is 300 g/mol. The molecule has 1 aromatic carbocycles. The standard InChI is InChI=1S/C17H17ClN2O2/c1-12-4-2-5-13(8-12)9-16(21)20-10-14(11-20)22-17-15(18)6-3-7-19-17/h2-8,14H,9-11H2,1H3. The molecule has 1 amide bonds. The molecule has 5 heteroatoms. The zero-order valence-corrected chi connectivity index (χ0v) is 13.1. The number of halogens is 1. The van der Waals surface area contributed by atoms with E-state index < -0.39 is 0 Å². The molecule has 0 bridgehead atoms. The highest BCUT2D eigenvalue weighted by Gasteiger charge is 2.32. The topological polar surface area (TPSA) is 42.4 Å². The van der Waals surface area contributed by atoms with E-state index in [1.165, 1.54) is 5.56 Å². The first-order valence-corrected chi connectivity index (χ1v) is 7.60. The Kier molecular flexibility index (Phi) is 4.29. The van der Waals surface area contributed by atoms with Crippen LogP contribution in [0.1, 0.15) is 11.1 Å². The number of nitrogens with zero attached hydrogens (tertiary/aromatic N) is 2. The van der Waals surface area contributed by atoms with Crippen LogP contribution in [0.15, 0.2) is 42.6 Å². The highest BCUT2D eigenvalue weighted by molar-refractivity contribution is 6.31. The predicted molar refractivity (Wildman–Crippen MR) is 85.1 cm³/mol. The van der Waals surface area contributed by atoms with E-state index in [1.54, 1.807) is 23.2 Å². The monoisotopic (exact) mass is 316 g/mol. The Hall–Kier alpha value is -2.07. The Bertz CT molecular complexity index is 684. The van der Waals surface area contributed by atoms with Crippen molar-refractivity contribution in [2.75, 3.05) is 13.1 Å². The van der Waals surface area contributed by atoms with Crippen molar-refractivity contribution in [3.63, 3.8) is 0 Å². The van der Waals surface area contributed by atoms with E-state index in [1.807, 2.05) is 31.2 Å². The normalized spacial score (nSPS) is 14.5. The summed E-state index contributed by atoms with van der Waals surface area (Å²) in [5.74, 6) is 0.553. The number of aromatic nitrogens is 1. The molecule has 0 radical (unpaired) electrons. The van der Waals surface area contributed by atoms with Gasteiger partial charge >= 0.3 is 0 Å². The first-order valence-electron chi connectivity index (χ1n) is 7.22. The van der Waals surface area contributed by atoms with Crippen molar-refractivity contribution in [2.45, 2.75) is 19.4 Å². The van der Waals surface area contributed by atoms with Crippen molar-refractivity contribution in [3.05, 3.63) is 58.7 Å². The highest BCUT2D eigenvalue weighted by Crippen LogP contribution is 2.24. The summed E-state index contributed by atoms with van der Waals surface area (Å²) in [5, 5.41) is 0.493. The van der Waals surface area contributed by atoms with Gasteiger partial charge in [0.05, 0.1) is 19.5 Å². The summed E-state index contributed by atoms with van der Waals surface area (Å²) >= 11 is 6.00. The minimum Gasteiger partial charge on any atom is -0.470 e. The largest absolute Gasteiger partial charge is 0.470 e. The molecule has 4 nitrogen and oxygen atoms in total. The Morgan fingerprint density at radius 3 is 2.91 bits per heavy atom. The molecule has 3 rings (SSSR count).